The molecule has 0 aliphatic heterocycles. The molecule has 2 aromatic heterocycles. The number of benzene rings is 2. The molecule has 0 saturated heterocycles. The number of methoxy groups -OCH3 is 1. The highest BCUT2D eigenvalue weighted by Crippen LogP contribution is 2.38. The van der Waals surface area contributed by atoms with E-state index in [9.17, 15) is 23.2 Å². The second kappa shape index (κ2) is 12.7. The zero-order chi connectivity index (χ0) is 31.5. The van der Waals surface area contributed by atoms with E-state index in [2.05, 4.69) is 15.5 Å². The number of carbonyl (C=O) groups is 2. The summed E-state index contributed by atoms with van der Waals surface area (Å²) in [4.78, 5) is 39.0. The maximum atomic E-state index is 13.4. The Morgan fingerprint density at radius 2 is 1.74 bits per heavy atom. The number of hydrogen-bond acceptors (Lipinski definition) is 8. The third kappa shape index (κ3) is 7.26. The summed E-state index contributed by atoms with van der Waals surface area (Å²) in [6.45, 7) is 7.04. The lowest BCUT2D eigenvalue weighted by Crippen LogP contribution is -2.32. The number of esters is 1. The number of nitrogens with zero attached hydrogens (tertiary/aromatic N) is 3. The summed E-state index contributed by atoms with van der Waals surface area (Å²) >= 11 is 6.23. The molecular formula is C30H29ClF2N4O6. The fourth-order valence-corrected chi connectivity index (χ4v) is 4.44. The summed E-state index contributed by atoms with van der Waals surface area (Å²) in [5, 5.41) is 10.1. The number of pyridine rings is 1. The van der Waals surface area contributed by atoms with E-state index in [0.29, 0.717) is 21.8 Å². The normalized spacial score (nSPS) is 12.2. The Hall–Kier alpha value is -4.58. The standard InChI is InChI=1S/C30H29ClF2N4O6/c1-6-22(26(39)34-18-10-7-16(8-11-18)29(40)43-30(2,3)4)37-15-23(41-5)21(14-24(37)38)20-13-17(31)9-12-19(20)27-35-36-28(42-27)25(32)33/h7-15,22,25H,6H2,1-5H3,(H,34,39). The van der Waals surface area contributed by atoms with Crippen molar-refractivity contribution in [2.24, 2.45) is 0 Å². The first-order valence-electron chi connectivity index (χ1n) is 13.2. The number of hydrogen-bond donors (Lipinski definition) is 1. The van der Waals surface area contributed by atoms with E-state index in [0.717, 1.165) is 0 Å². The second-order valence-electron chi connectivity index (χ2n) is 10.4. The Kier molecular flexibility index (Phi) is 9.29. The maximum absolute atomic E-state index is 13.4. The van der Waals surface area contributed by atoms with Gasteiger partial charge in [-0.05, 0) is 75.2 Å². The molecule has 10 nitrogen and oxygen atoms in total. The van der Waals surface area contributed by atoms with Crippen molar-refractivity contribution in [1.82, 2.24) is 14.8 Å². The van der Waals surface area contributed by atoms with Gasteiger partial charge in [0.25, 0.3) is 11.4 Å². The van der Waals surface area contributed by atoms with Gasteiger partial charge in [0, 0.05) is 27.9 Å². The van der Waals surface area contributed by atoms with Gasteiger partial charge in [-0.3, -0.25) is 14.2 Å². The molecule has 0 aliphatic carbocycles. The molecule has 43 heavy (non-hydrogen) atoms. The van der Waals surface area contributed by atoms with E-state index in [4.69, 9.17) is 25.5 Å². The van der Waals surface area contributed by atoms with Crippen LogP contribution in [0.5, 0.6) is 5.75 Å². The van der Waals surface area contributed by atoms with E-state index in [-0.39, 0.29) is 29.2 Å². The highest BCUT2D eigenvalue weighted by Gasteiger charge is 2.25. The fraction of sp³-hybridized carbons (Fsp3) is 0.300. The van der Waals surface area contributed by atoms with E-state index < -0.39 is 41.4 Å². The first-order chi connectivity index (χ1) is 20.3. The molecule has 13 heteroatoms. The monoisotopic (exact) mass is 614 g/mol. The van der Waals surface area contributed by atoms with Crippen LogP contribution >= 0.6 is 11.6 Å². The summed E-state index contributed by atoms with van der Waals surface area (Å²) in [7, 11) is 1.38. The molecule has 4 rings (SSSR count). The van der Waals surface area contributed by atoms with Crippen LogP contribution in [0.2, 0.25) is 5.02 Å². The van der Waals surface area contributed by atoms with Crippen molar-refractivity contribution in [3.05, 3.63) is 81.6 Å². The lowest BCUT2D eigenvalue weighted by Gasteiger charge is -2.21. The lowest BCUT2D eigenvalue weighted by molar-refractivity contribution is -0.119. The number of carbonyl (C=O) groups excluding carboxylic acids is 2. The molecule has 2 heterocycles. The number of ether oxygens (including phenoxy) is 2. The van der Waals surface area contributed by atoms with E-state index in [1.165, 1.54) is 54.3 Å². The topological polar surface area (TPSA) is 126 Å². The largest absolute Gasteiger partial charge is 0.495 e. The lowest BCUT2D eigenvalue weighted by atomic mass is 9.99. The molecule has 226 valence electrons. The molecule has 0 fully saturated rings. The fourth-order valence-electron chi connectivity index (χ4n) is 4.26. The Morgan fingerprint density at radius 1 is 1.05 bits per heavy atom. The Morgan fingerprint density at radius 3 is 2.33 bits per heavy atom. The molecule has 0 saturated carbocycles. The molecule has 2 aromatic carbocycles. The average molecular weight is 615 g/mol. The smallest absolute Gasteiger partial charge is 0.338 e. The molecule has 0 spiro atoms. The van der Waals surface area contributed by atoms with Crippen molar-refractivity contribution in [3.8, 4) is 28.3 Å². The molecule has 0 aliphatic rings. The maximum Gasteiger partial charge on any atom is 0.338 e. The third-order valence-electron chi connectivity index (χ3n) is 6.21. The molecule has 1 N–H and O–H groups in total. The van der Waals surface area contributed by atoms with Crippen molar-refractivity contribution in [2.75, 3.05) is 12.4 Å². The molecule has 0 radical (unpaired) electrons. The van der Waals surface area contributed by atoms with Crippen LogP contribution in [0.3, 0.4) is 0 Å². The van der Waals surface area contributed by atoms with Crippen LogP contribution in [0.25, 0.3) is 22.6 Å². The van der Waals surface area contributed by atoms with Crippen LogP contribution in [-0.2, 0) is 9.53 Å². The Labute approximate surface area is 250 Å². The molecular weight excluding hydrogens is 586 g/mol. The summed E-state index contributed by atoms with van der Waals surface area (Å²) in [6, 6.07) is 11.0. The highest BCUT2D eigenvalue weighted by atomic mass is 35.5. The van der Waals surface area contributed by atoms with Gasteiger partial charge in [-0.1, -0.05) is 18.5 Å². The van der Waals surface area contributed by atoms with Gasteiger partial charge in [0.15, 0.2) is 0 Å². The number of nitrogens with one attached hydrogen (secondary N) is 1. The van der Waals surface area contributed by atoms with Crippen LogP contribution < -0.4 is 15.6 Å². The van der Waals surface area contributed by atoms with Crippen LogP contribution in [-0.4, -0.2) is 39.4 Å². The van der Waals surface area contributed by atoms with E-state index >= 15 is 0 Å². The van der Waals surface area contributed by atoms with Gasteiger partial charge < -0.3 is 19.2 Å². The SMILES string of the molecule is CCC(C(=O)Nc1ccc(C(=O)OC(C)(C)C)cc1)n1cc(OC)c(-c2cc(Cl)ccc2-c2nnc(C(F)F)o2)cc1=O. The summed E-state index contributed by atoms with van der Waals surface area (Å²) in [6.07, 6.45) is -1.32. The third-order valence-corrected chi connectivity index (χ3v) is 6.44. The van der Waals surface area contributed by atoms with Crippen LogP contribution in [0.15, 0.2) is 63.9 Å². The van der Waals surface area contributed by atoms with Crippen LogP contribution in [0.1, 0.15) is 62.8 Å². The zero-order valence-electron chi connectivity index (χ0n) is 24.0. The van der Waals surface area contributed by atoms with Gasteiger partial charge in [0.1, 0.15) is 17.4 Å². The number of amides is 1. The Bertz CT molecular complexity index is 1700. The van der Waals surface area contributed by atoms with Crippen molar-refractivity contribution < 1.29 is 32.3 Å². The van der Waals surface area contributed by atoms with Crippen molar-refractivity contribution in [2.45, 2.75) is 52.2 Å². The van der Waals surface area contributed by atoms with Gasteiger partial charge in [-0.15, -0.1) is 10.2 Å². The summed E-state index contributed by atoms with van der Waals surface area (Å²) in [5.41, 5.74) is 0.385. The van der Waals surface area contributed by atoms with Crippen molar-refractivity contribution in [1.29, 1.82) is 0 Å². The number of aromatic nitrogens is 3. The summed E-state index contributed by atoms with van der Waals surface area (Å²) in [5.74, 6) is -1.82. The first kappa shape index (κ1) is 31.4. The van der Waals surface area contributed by atoms with Gasteiger partial charge in [-0.25, -0.2) is 4.79 Å². The quantitative estimate of drug-likeness (QED) is 0.206. The highest BCUT2D eigenvalue weighted by molar-refractivity contribution is 6.31. The zero-order valence-corrected chi connectivity index (χ0v) is 24.7. The molecule has 1 unspecified atom stereocenters. The Balaban J connectivity index is 1.65. The minimum Gasteiger partial charge on any atom is -0.495 e. The summed E-state index contributed by atoms with van der Waals surface area (Å²) < 4.78 is 43.5. The number of halogens is 3. The van der Waals surface area contributed by atoms with Crippen LogP contribution in [0, 0.1) is 0 Å². The van der Waals surface area contributed by atoms with Crippen molar-refractivity contribution >= 4 is 29.2 Å². The molecule has 1 atom stereocenters. The van der Waals surface area contributed by atoms with Gasteiger partial charge >= 0.3 is 12.4 Å². The second-order valence-corrected chi connectivity index (χ2v) is 10.9. The predicted molar refractivity (Wildman–Crippen MR) is 156 cm³/mol. The average Bonchev–Trinajstić information content (AvgIpc) is 3.44. The van der Waals surface area contributed by atoms with Crippen molar-refractivity contribution in [3.63, 3.8) is 0 Å². The number of anilines is 1. The van der Waals surface area contributed by atoms with E-state index in [1.54, 1.807) is 39.8 Å². The number of alkyl halides is 2. The van der Waals surface area contributed by atoms with E-state index in [1.807, 2.05) is 0 Å². The molecule has 0 bridgehead atoms. The minimum atomic E-state index is -2.96. The predicted octanol–water partition coefficient (Wildman–Crippen LogP) is 6.71. The number of rotatable bonds is 9. The van der Waals surface area contributed by atoms with Crippen LogP contribution in [0.4, 0.5) is 14.5 Å². The molecule has 4 aromatic rings. The van der Waals surface area contributed by atoms with Gasteiger partial charge in [0.2, 0.25) is 11.8 Å². The van der Waals surface area contributed by atoms with Gasteiger partial charge in [-0.2, -0.15) is 8.78 Å². The minimum absolute atomic E-state index is 0.198. The first-order valence-corrected chi connectivity index (χ1v) is 13.5. The molecule has 1 amide bonds. The van der Waals surface area contributed by atoms with Gasteiger partial charge in [0.05, 0.1) is 18.9 Å².